The van der Waals surface area contributed by atoms with E-state index in [1.807, 2.05) is 63.7 Å². The van der Waals surface area contributed by atoms with Crippen molar-refractivity contribution in [2.75, 3.05) is 26.4 Å². The van der Waals surface area contributed by atoms with Gasteiger partial charge in [0.1, 0.15) is 17.8 Å². The highest BCUT2D eigenvalue weighted by atomic mass is 16.8. The first-order chi connectivity index (χ1) is 13.1. The Morgan fingerprint density at radius 2 is 1.96 bits per heavy atom. The van der Waals surface area contributed by atoms with E-state index in [0.29, 0.717) is 32.8 Å². The van der Waals surface area contributed by atoms with Crippen LogP contribution in [-0.2, 0) is 29.4 Å². The van der Waals surface area contributed by atoms with Gasteiger partial charge in [-0.25, -0.2) is 4.79 Å². The number of carbonyl (C=O) groups is 1. The Labute approximate surface area is 166 Å². The lowest BCUT2D eigenvalue weighted by molar-refractivity contribution is -0.250. The minimum atomic E-state index is -0.813. The van der Waals surface area contributed by atoms with Crippen LogP contribution in [0.25, 0.3) is 0 Å². The molecule has 0 aliphatic carbocycles. The molecule has 3 unspecified atom stereocenters. The van der Waals surface area contributed by atoms with Gasteiger partial charge in [0.05, 0.1) is 19.8 Å². The summed E-state index contributed by atoms with van der Waals surface area (Å²) in [7, 11) is 0. The van der Waals surface area contributed by atoms with Crippen molar-refractivity contribution in [1.29, 1.82) is 0 Å². The average Bonchev–Trinajstić information content (AvgIpc) is 3.19. The maximum absolute atomic E-state index is 11.8. The van der Waals surface area contributed by atoms with Crippen molar-refractivity contribution in [3.8, 4) is 0 Å². The maximum atomic E-state index is 11.8. The molecule has 1 aromatic rings. The van der Waals surface area contributed by atoms with E-state index in [9.17, 15) is 4.79 Å². The Morgan fingerprint density at radius 3 is 2.64 bits per heavy atom. The summed E-state index contributed by atoms with van der Waals surface area (Å²) in [4.78, 5) is 11.8. The first kappa shape index (κ1) is 21.1. The van der Waals surface area contributed by atoms with Gasteiger partial charge in [-0.2, -0.15) is 0 Å². The molecule has 3 atom stereocenters. The number of ether oxygens (including phenoxy) is 5. The molecule has 28 heavy (non-hydrogen) atoms. The smallest absolute Gasteiger partial charge is 0.407 e. The van der Waals surface area contributed by atoms with Crippen LogP contribution in [0.3, 0.4) is 0 Å². The molecule has 1 aromatic heterocycles. The SMILES string of the molecule is CC(C)(C)OC(=O)NCCCOC1(n2cccc2)COCC2OC(C)(C)OC21. The fourth-order valence-electron chi connectivity index (χ4n) is 3.58. The summed E-state index contributed by atoms with van der Waals surface area (Å²) in [5.41, 5.74) is -1.33. The number of amides is 1. The molecule has 3 rings (SSSR count). The standard InChI is InChI=1S/C20H32N2O6/c1-18(2,3)28-17(23)21-9-8-12-25-20(22-10-6-7-11-22)14-24-13-15-16(20)27-19(4,5)26-15/h6-7,10-11,15-16H,8-9,12-14H2,1-5H3,(H,21,23). The maximum Gasteiger partial charge on any atom is 0.407 e. The highest BCUT2D eigenvalue weighted by Crippen LogP contribution is 2.41. The highest BCUT2D eigenvalue weighted by molar-refractivity contribution is 5.67. The van der Waals surface area contributed by atoms with Crippen LogP contribution in [0, 0.1) is 0 Å². The molecular formula is C20H32N2O6. The number of hydrogen-bond acceptors (Lipinski definition) is 6. The molecule has 3 heterocycles. The zero-order valence-electron chi connectivity index (χ0n) is 17.4. The number of nitrogens with one attached hydrogen (secondary N) is 1. The molecule has 158 valence electrons. The van der Waals surface area contributed by atoms with E-state index in [1.54, 1.807) is 0 Å². The molecule has 2 aliphatic rings. The second-order valence-corrected chi connectivity index (χ2v) is 8.68. The normalized spacial score (nSPS) is 29.3. The molecule has 0 aromatic carbocycles. The van der Waals surface area contributed by atoms with Crippen LogP contribution in [0.15, 0.2) is 24.5 Å². The zero-order valence-corrected chi connectivity index (χ0v) is 17.4. The van der Waals surface area contributed by atoms with Gasteiger partial charge in [-0.3, -0.25) is 0 Å². The quantitative estimate of drug-likeness (QED) is 0.745. The Morgan fingerprint density at radius 1 is 1.25 bits per heavy atom. The van der Waals surface area contributed by atoms with Crippen molar-refractivity contribution in [1.82, 2.24) is 9.88 Å². The second kappa shape index (κ2) is 8.02. The van der Waals surface area contributed by atoms with Crippen LogP contribution in [0.1, 0.15) is 41.0 Å². The molecule has 1 amide bonds. The first-order valence-electron chi connectivity index (χ1n) is 9.79. The predicted octanol–water partition coefficient (Wildman–Crippen LogP) is 2.62. The predicted molar refractivity (Wildman–Crippen MR) is 102 cm³/mol. The molecule has 2 fully saturated rings. The van der Waals surface area contributed by atoms with Gasteiger partial charge in [0.2, 0.25) is 0 Å². The van der Waals surface area contributed by atoms with Crippen LogP contribution in [0.4, 0.5) is 4.79 Å². The molecule has 0 bridgehead atoms. The van der Waals surface area contributed by atoms with Gasteiger partial charge in [0, 0.05) is 18.9 Å². The van der Waals surface area contributed by atoms with Crippen LogP contribution in [-0.4, -0.2) is 60.6 Å². The number of fused-ring (bicyclic) bond motifs is 1. The zero-order chi connectivity index (χ0) is 20.4. The molecular weight excluding hydrogens is 364 g/mol. The number of alkyl carbamates (subject to hydrolysis) is 1. The molecule has 0 saturated carbocycles. The fourth-order valence-corrected chi connectivity index (χ4v) is 3.58. The van der Waals surface area contributed by atoms with E-state index in [2.05, 4.69) is 5.32 Å². The van der Waals surface area contributed by atoms with Crippen molar-refractivity contribution in [2.24, 2.45) is 0 Å². The van der Waals surface area contributed by atoms with E-state index < -0.39 is 23.2 Å². The summed E-state index contributed by atoms with van der Waals surface area (Å²) in [6.07, 6.45) is 3.60. The largest absolute Gasteiger partial charge is 0.444 e. The minimum absolute atomic E-state index is 0.203. The number of aromatic nitrogens is 1. The summed E-state index contributed by atoms with van der Waals surface area (Å²) in [5, 5.41) is 2.75. The van der Waals surface area contributed by atoms with E-state index in [0.717, 1.165) is 0 Å². The van der Waals surface area contributed by atoms with E-state index in [-0.39, 0.29) is 12.2 Å². The Balaban J connectivity index is 1.60. The van der Waals surface area contributed by atoms with Crippen molar-refractivity contribution < 1.29 is 28.5 Å². The lowest BCUT2D eigenvalue weighted by Gasteiger charge is -2.44. The molecule has 0 spiro atoms. The highest BCUT2D eigenvalue weighted by Gasteiger charge is 2.57. The summed E-state index contributed by atoms with van der Waals surface area (Å²) >= 11 is 0. The third kappa shape index (κ3) is 4.86. The Hall–Kier alpha value is -1.61. The van der Waals surface area contributed by atoms with Gasteiger partial charge < -0.3 is 33.6 Å². The lowest BCUT2D eigenvalue weighted by Crippen LogP contribution is -2.59. The summed E-state index contributed by atoms with van der Waals surface area (Å²) in [6, 6.07) is 3.89. The Kier molecular flexibility index (Phi) is 6.05. The van der Waals surface area contributed by atoms with Gasteiger partial charge in [0.25, 0.3) is 0 Å². The summed E-state index contributed by atoms with van der Waals surface area (Å²) in [5.74, 6) is -0.691. The van der Waals surface area contributed by atoms with Crippen molar-refractivity contribution in [3.63, 3.8) is 0 Å². The van der Waals surface area contributed by atoms with Gasteiger partial charge >= 0.3 is 6.09 Å². The van der Waals surface area contributed by atoms with E-state index in [4.69, 9.17) is 23.7 Å². The number of carbonyl (C=O) groups excluding carboxylic acids is 1. The molecule has 2 aliphatic heterocycles. The average molecular weight is 396 g/mol. The van der Waals surface area contributed by atoms with Crippen LogP contribution >= 0.6 is 0 Å². The molecule has 8 heteroatoms. The fraction of sp³-hybridized carbons (Fsp3) is 0.750. The summed E-state index contributed by atoms with van der Waals surface area (Å²) in [6.45, 7) is 11.0. The van der Waals surface area contributed by atoms with Crippen molar-refractivity contribution in [3.05, 3.63) is 24.5 Å². The van der Waals surface area contributed by atoms with Crippen molar-refractivity contribution in [2.45, 2.75) is 70.4 Å². The lowest BCUT2D eigenvalue weighted by atomic mass is 9.99. The first-order valence-corrected chi connectivity index (χ1v) is 9.79. The minimum Gasteiger partial charge on any atom is -0.444 e. The van der Waals surface area contributed by atoms with Crippen molar-refractivity contribution >= 4 is 6.09 Å². The second-order valence-electron chi connectivity index (χ2n) is 8.68. The number of nitrogens with zero attached hydrogens (tertiary/aromatic N) is 1. The Bertz CT molecular complexity index is 654. The van der Waals surface area contributed by atoms with E-state index >= 15 is 0 Å². The third-order valence-corrected chi connectivity index (χ3v) is 4.60. The van der Waals surface area contributed by atoms with E-state index in [1.165, 1.54) is 0 Å². The van der Waals surface area contributed by atoms with Gasteiger partial charge in [-0.1, -0.05) is 0 Å². The topological polar surface area (TPSA) is 80.2 Å². The molecule has 0 radical (unpaired) electrons. The van der Waals surface area contributed by atoms with Gasteiger partial charge in [0.15, 0.2) is 11.5 Å². The molecule has 8 nitrogen and oxygen atoms in total. The van der Waals surface area contributed by atoms with Crippen LogP contribution in [0.5, 0.6) is 0 Å². The van der Waals surface area contributed by atoms with Crippen LogP contribution < -0.4 is 5.32 Å². The van der Waals surface area contributed by atoms with Gasteiger partial charge in [-0.15, -0.1) is 0 Å². The third-order valence-electron chi connectivity index (χ3n) is 4.60. The summed E-state index contributed by atoms with van der Waals surface area (Å²) < 4.78 is 31.6. The molecule has 2 saturated heterocycles. The van der Waals surface area contributed by atoms with Crippen LogP contribution in [0.2, 0.25) is 0 Å². The number of rotatable bonds is 6. The molecule has 1 N–H and O–H groups in total. The monoisotopic (exact) mass is 396 g/mol. The van der Waals surface area contributed by atoms with Gasteiger partial charge in [-0.05, 0) is 53.2 Å². The number of hydrogen-bond donors (Lipinski definition) is 1.